The van der Waals surface area contributed by atoms with Crippen LogP contribution in [0.15, 0.2) is 41.8 Å². The summed E-state index contributed by atoms with van der Waals surface area (Å²) < 4.78 is 23.1. The molecule has 1 N–H and O–H groups in total. The van der Waals surface area contributed by atoms with Gasteiger partial charge in [-0.05, 0) is 35.4 Å². The van der Waals surface area contributed by atoms with Gasteiger partial charge in [-0.25, -0.2) is 8.42 Å². The molecule has 2 aromatic rings. The smallest absolute Gasteiger partial charge is 0.230 e. The van der Waals surface area contributed by atoms with E-state index in [0.717, 1.165) is 23.3 Å². The molecule has 4 nitrogen and oxygen atoms in total. The molecule has 1 fully saturated rings. The quantitative estimate of drug-likeness (QED) is 0.701. The number of sulfone groups is 1. The van der Waals surface area contributed by atoms with E-state index < -0.39 is 9.84 Å². The van der Waals surface area contributed by atoms with E-state index in [1.165, 1.54) is 17.3 Å². The zero-order valence-corrected chi connectivity index (χ0v) is 17.8. The highest BCUT2D eigenvalue weighted by Gasteiger charge is 2.29. The van der Waals surface area contributed by atoms with Crippen molar-refractivity contribution in [2.75, 3.05) is 17.3 Å². The van der Waals surface area contributed by atoms with E-state index >= 15 is 0 Å². The van der Waals surface area contributed by atoms with Gasteiger partial charge in [0.25, 0.3) is 0 Å². The number of thioether (sulfide) groups is 1. The van der Waals surface area contributed by atoms with Crippen molar-refractivity contribution >= 4 is 38.8 Å². The van der Waals surface area contributed by atoms with Gasteiger partial charge in [-0.1, -0.05) is 43.7 Å². The maximum absolute atomic E-state index is 12.5. The number of carbonyl (C=O) groups excluding carboxylic acids is 1. The molecule has 0 bridgehead atoms. The summed E-state index contributed by atoms with van der Waals surface area (Å²) in [5.41, 5.74) is 2.37. The number of amides is 1. The first-order chi connectivity index (χ1) is 13.0. The Morgan fingerprint density at radius 3 is 2.67 bits per heavy atom. The number of aryl methyl sites for hydroxylation is 1. The number of rotatable bonds is 8. The third-order valence-corrected chi connectivity index (χ3v) is 8.84. The van der Waals surface area contributed by atoms with Gasteiger partial charge in [0.05, 0.1) is 23.3 Å². The molecule has 2 heterocycles. The normalized spacial score (nSPS) is 19.7. The Balaban J connectivity index is 1.64. The van der Waals surface area contributed by atoms with Crippen LogP contribution in [0.1, 0.15) is 41.8 Å². The van der Waals surface area contributed by atoms with Gasteiger partial charge in [-0.2, -0.15) is 0 Å². The predicted octanol–water partition coefficient (Wildman–Crippen LogP) is 3.83. The Kier molecular flexibility index (Phi) is 7.00. The molecule has 146 valence electrons. The SMILES string of the molecule is CCCc1ccc(C(NC(=O)CSC2CCS(=O)(=O)C2)c2cccs2)cc1. The van der Waals surface area contributed by atoms with Crippen molar-refractivity contribution in [1.82, 2.24) is 5.32 Å². The molecule has 0 spiro atoms. The topological polar surface area (TPSA) is 63.2 Å². The van der Waals surface area contributed by atoms with E-state index in [2.05, 4.69) is 36.5 Å². The zero-order valence-electron chi connectivity index (χ0n) is 15.4. The lowest BCUT2D eigenvalue weighted by Crippen LogP contribution is -2.31. The Labute approximate surface area is 169 Å². The van der Waals surface area contributed by atoms with Crippen LogP contribution >= 0.6 is 23.1 Å². The second kappa shape index (κ2) is 9.26. The molecule has 3 rings (SSSR count). The summed E-state index contributed by atoms with van der Waals surface area (Å²) in [5, 5.41) is 5.18. The maximum atomic E-state index is 12.5. The summed E-state index contributed by atoms with van der Waals surface area (Å²) in [7, 11) is -2.90. The fourth-order valence-corrected chi connectivity index (χ4v) is 7.49. The summed E-state index contributed by atoms with van der Waals surface area (Å²) in [6.07, 6.45) is 2.81. The highest BCUT2D eigenvalue weighted by molar-refractivity contribution is 8.02. The van der Waals surface area contributed by atoms with E-state index in [9.17, 15) is 13.2 Å². The van der Waals surface area contributed by atoms with Gasteiger partial charge < -0.3 is 5.32 Å². The van der Waals surface area contributed by atoms with Crippen LogP contribution in [0.25, 0.3) is 0 Å². The lowest BCUT2D eigenvalue weighted by molar-refractivity contribution is -0.119. The standard InChI is InChI=1S/C20H25NO3S3/c1-2-4-15-6-8-16(9-7-15)20(18-5-3-11-25-18)21-19(22)13-26-17-10-12-27(23,24)14-17/h3,5-9,11,17,20H,2,4,10,12-14H2,1H3,(H,21,22). The first-order valence-electron chi connectivity index (χ1n) is 9.20. The Bertz CT molecular complexity index is 845. The van der Waals surface area contributed by atoms with E-state index in [0.29, 0.717) is 6.42 Å². The lowest BCUT2D eigenvalue weighted by Gasteiger charge is -2.19. The minimum absolute atomic E-state index is 0.0364. The third kappa shape index (κ3) is 5.83. The minimum atomic E-state index is -2.90. The van der Waals surface area contributed by atoms with Crippen molar-refractivity contribution in [3.63, 3.8) is 0 Å². The minimum Gasteiger partial charge on any atom is -0.344 e. The highest BCUT2D eigenvalue weighted by atomic mass is 32.2. The van der Waals surface area contributed by atoms with Crippen LogP contribution in [0, 0.1) is 0 Å². The van der Waals surface area contributed by atoms with Crippen molar-refractivity contribution in [2.45, 2.75) is 37.5 Å². The second-order valence-corrected chi connectivity index (χ2v) is 11.3. The number of thiophene rings is 1. The van der Waals surface area contributed by atoms with Crippen molar-refractivity contribution in [3.8, 4) is 0 Å². The van der Waals surface area contributed by atoms with Crippen molar-refractivity contribution in [1.29, 1.82) is 0 Å². The third-order valence-electron chi connectivity index (χ3n) is 4.63. The number of benzene rings is 1. The number of nitrogens with one attached hydrogen (secondary N) is 1. The number of hydrogen-bond acceptors (Lipinski definition) is 5. The van der Waals surface area contributed by atoms with Gasteiger partial charge in [0.1, 0.15) is 0 Å². The van der Waals surface area contributed by atoms with Crippen molar-refractivity contribution in [2.24, 2.45) is 0 Å². The molecule has 27 heavy (non-hydrogen) atoms. The molecular formula is C20H25NO3S3. The average molecular weight is 424 g/mol. The first kappa shape index (κ1) is 20.4. The molecule has 2 unspecified atom stereocenters. The predicted molar refractivity (Wildman–Crippen MR) is 114 cm³/mol. The molecule has 0 saturated carbocycles. The van der Waals surface area contributed by atoms with Gasteiger partial charge >= 0.3 is 0 Å². The van der Waals surface area contributed by atoms with E-state index in [1.807, 2.05) is 17.5 Å². The van der Waals surface area contributed by atoms with Crippen LogP contribution in [0.4, 0.5) is 0 Å². The molecule has 1 amide bonds. The Morgan fingerprint density at radius 1 is 1.30 bits per heavy atom. The molecule has 1 aromatic heterocycles. The Hall–Kier alpha value is -1.31. The summed E-state index contributed by atoms with van der Waals surface area (Å²) >= 11 is 3.07. The summed E-state index contributed by atoms with van der Waals surface area (Å²) in [4.78, 5) is 13.6. The van der Waals surface area contributed by atoms with E-state index in [1.54, 1.807) is 11.3 Å². The molecular weight excluding hydrogens is 398 g/mol. The zero-order chi connectivity index (χ0) is 19.3. The monoisotopic (exact) mass is 423 g/mol. The van der Waals surface area contributed by atoms with Crippen LogP contribution in [0.2, 0.25) is 0 Å². The van der Waals surface area contributed by atoms with Crippen molar-refractivity contribution in [3.05, 3.63) is 57.8 Å². The second-order valence-electron chi connectivity index (χ2n) is 6.84. The average Bonchev–Trinajstić information content (AvgIpc) is 3.28. The van der Waals surface area contributed by atoms with Gasteiger partial charge in [-0.15, -0.1) is 23.1 Å². The van der Waals surface area contributed by atoms with Gasteiger partial charge in [-0.3, -0.25) is 4.79 Å². The Morgan fingerprint density at radius 2 is 2.07 bits per heavy atom. The van der Waals surface area contributed by atoms with Gasteiger partial charge in [0, 0.05) is 10.1 Å². The van der Waals surface area contributed by atoms with Gasteiger partial charge in [0.15, 0.2) is 9.84 Å². The molecule has 1 saturated heterocycles. The summed E-state index contributed by atoms with van der Waals surface area (Å²) in [6.45, 7) is 2.16. The largest absolute Gasteiger partial charge is 0.344 e. The van der Waals surface area contributed by atoms with Crippen LogP contribution in [0.5, 0.6) is 0 Å². The van der Waals surface area contributed by atoms with Crippen molar-refractivity contribution < 1.29 is 13.2 Å². The first-order valence-corrected chi connectivity index (χ1v) is 13.0. The molecule has 0 aliphatic carbocycles. The van der Waals surface area contributed by atoms with Crippen LogP contribution < -0.4 is 5.32 Å². The molecule has 2 atom stereocenters. The summed E-state index contributed by atoms with van der Waals surface area (Å²) in [5.74, 6) is 0.669. The van der Waals surface area contributed by atoms with Crippen LogP contribution in [0.3, 0.4) is 0 Å². The molecule has 7 heteroatoms. The molecule has 1 aliphatic rings. The lowest BCUT2D eigenvalue weighted by atomic mass is 10.0. The molecule has 1 aromatic carbocycles. The van der Waals surface area contributed by atoms with E-state index in [4.69, 9.17) is 0 Å². The fourth-order valence-electron chi connectivity index (χ4n) is 3.23. The van der Waals surface area contributed by atoms with E-state index in [-0.39, 0.29) is 34.5 Å². The summed E-state index contributed by atoms with van der Waals surface area (Å²) in [6, 6.07) is 12.3. The maximum Gasteiger partial charge on any atom is 0.230 e. The highest BCUT2D eigenvalue weighted by Crippen LogP contribution is 2.28. The molecule has 1 aliphatic heterocycles. The van der Waals surface area contributed by atoms with Gasteiger partial charge in [0.2, 0.25) is 5.91 Å². The number of carbonyl (C=O) groups is 1. The van der Waals surface area contributed by atoms with Crippen LogP contribution in [-0.2, 0) is 21.1 Å². The van der Waals surface area contributed by atoms with Crippen LogP contribution in [-0.4, -0.2) is 36.8 Å². The number of hydrogen-bond donors (Lipinski definition) is 1. The fraction of sp³-hybridized carbons (Fsp3) is 0.450. The molecule has 0 radical (unpaired) electrons.